The third-order valence-electron chi connectivity index (χ3n) is 3.47. The molecule has 2 aliphatic rings. The molecule has 2 unspecified atom stereocenters. The Hall–Kier alpha value is -0.170. The van der Waals surface area contributed by atoms with Crippen LogP contribution in [0.2, 0.25) is 0 Å². The van der Waals surface area contributed by atoms with Crippen molar-refractivity contribution in [3.8, 4) is 0 Å². The molecule has 2 fully saturated rings. The van der Waals surface area contributed by atoms with E-state index in [2.05, 4.69) is 10.0 Å². The maximum atomic E-state index is 11.8. The van der Waals surface area contributed by atoms with Gasteiger partial charge in [0.1, 0.15) is 0 Å². The largest absolute Gasteiger partial charge is 0.381 e. The van der Waals surface area contributed by atoms with E-state index in [9.17, 15) is 8.42 Å². The van der Waals surface area contributed by atoms with Gasteiger partial charge in [0.05, 0.1) is 12.4 Å². The SMILES string of the molecule is O=S(=O)(CC1CCOC1)NCC1CCCNC1. The fourth-order valence-electron chi connectivity index (χ4n) is 2.43. The first-order valence-electron chi connectivity index (χ1n) is 6.41. The third-order valence-corrected chi connectivity index (χ3v) is 4.99. The molecule has 6 heteroatoms. The first-order chi connectivity index (χ1) is 8.16. The Morgan fingerprint density at radius 2 is 2.18 bits per heavy atom. The van der Waals surface area contributed by atoms with Gasteiger partial charge < -0.3 is 10.1 Å². The minimum atomic E-state index is -3.12. The van der Waals surface area contributed by atoms with Crippen LogP contribution in [0.5, 0.6) is 0 Å². The summed E-state index contributed by atoms with van der Waals surface area (Å²) in [6.07, 6.45) is 3.12. The lowest BCUT2D eigenvalue weighted by atomic mass is 10.0. The second kappa shape index (κ2) is 6.13. The average molecular weight is 262 g/mol. The fourth-order valence-corrected chi connectivity index (χ4v) is 3.92. The zero-order chi connectivity index (χ0) is 12.1. The van der Waals surface area contributed by atoms with Crippen molar-refractivity contribution >= 4 is 10.0 Å². The highest BCUT2D eigenvalue weighted by molar-refractivity contribution is 7.89. The van der Waals surface area contributed by atoms with E-state index in [0.717, 1.165) is 32.4 Å². The predicted molar refractivity (Wildman–Crippen MR) is 66.3 cm³/mol. The van der Waals surface area contributed by atoms with Crippen molar-refractivity contribution < 1.29 is 13.2 Å². The first kappa shape index (κ1) is 13.3. The molecular weight excluding hydrogens is 240 g/mol. The van der Waals surface area contributed by atoms with Gasteiger partial charge in [-0.05, 0) is 44.2 Å². The Morgan fingerprint density at radius 1 is 1.29 bits per heavy atom. The zero-order valence-corrected chi connectivity index (χ0v) is 11.0. The quantitative estimate of drug-likeness (QED) is 0.728. The van der Waals surface area contributed by atoms with Crippen molar-refractivity contribution in [2.24, 2.45) is 11.8 Å². The van der Waals surface area contributed by atoms with E-state index in [1.54, 1.807) is 0 Å². The topological polar surface area (TPSA) is 67.4 Å². The summed E-state index contributed by atoms with van der Waals surface area (Å²) in [5, 5.41) is 3.29. The summed E-state index contributed by atoms with van der Waals surface area (Å²) in [6.45, 7) is 3.85. The van der Waals surface area contributed by atoms with Crippen LogP contribution in [0.3, 0.4) is 0 Å². The number of sulfonamides is 1. The van der Waals surface area contributed by atoms with Gasteiger partial charge in [-0.3, -0.25) is 0 Å². The number of nitrogens with one attached hydrogen (secondary N) is 2. The van der Waals surface area contributed by atoms with Gasteiger partial charge in [-0.15, -0.1) is 0 Å². The van der Waals surface area contributed by atoms with Gasteiger partial charge in [-0.1, -0.05) is 0 Å². The molecule has 0 aromatic carbocycles. The van der Waals surface area contributed by atoms with Gasteiger partial charge in [0.25, 0.3) is 0 Å². The molecule has 2 rings (SSSR count). The van der Waals surface area contributed by atoms with E-state index in [4.69, 9.17) is 4.74 Å². The Kier molecular flexibility index (Phi) is 4.78. The van der Waals surface area contributed by atoms with Gasteiger partial charge in [-0.25, -0.2) is 13.1 Å². The van der Waals surface area contributed by atoms with Crippen LogP contribution in [0.15, 0.2) is 0 Å². The van der Waals surface area contributed by atoms with Crippen molar-refractivity contribution in [2.75, 3.05) is 38.6 Å². The molecule has 0 saturated carbocycles. The van der Waals surface area contributed by atoms with Gasteiger partial charge in [-0.2, -0.15) is 0 Å². The Morgan fingerprint density at radius 3 is 2.82 bits per heavy atom. The van der Waals surface area contributed by atoms with Crippen LogP contribution < -0.4 is 10.0 Å². The first-order valence-corrected chi connectivity index (χ1v) is 8.07. The monoisotopic (exact) mass is 262 g/mol. The molecule has 100 valence electrons. The van der Waals surface area contributed by atoms with Gasteiger partial charge in [0.2, 0.25) is 10.0 Å². The molecule has 2 heterocycles. The van der Waals surface area contributed by atoms with Crippen LogP contribution in [-0.4, -0.2) is 47.0 Å². The minimum absolute atomic E-state index is 0.178. The van der Waals surface area contributed by atoms with Crippen LogP contribution >= 0.6 is 0 Å². The zero-order valence-electron chi connectivity index (χ0n) is 10.2. The minimum Gasteiger partial charge on any atom is -0.381 e. The van der Waals surface area contributed by atoms with Crippen LogP contribution in [0.25, 0.3) is 0 Å². The molecule has 0 aliphatic carbocycles. The normalized spacial score (nSPS) is 30.6. The fraction of sp³-hybridized carbons (Fsp3) is 1.00. The Labute approximate surface area is 103 Å². The second-order valence-corrected chi connectivity index (χ2v) is 6.92. The van der Waals surface area contributed by atoms with Crippen molar-refractivity contribution in [1.82, 2.24) is 10.0 Å². The Bertz CT molecular complexity index is 320. The van der Waals surface area contributed by atoms with Crippen LogP contribution in [0.1, 0.15) is 19.3 Å². The number of rotatable bonds is 5. The lowest BCUT2D eigenvalue weighted by Gasteiger charge is -2.23. The third kappa shape index (κ3) is 4.54. The van der Waals surface area contributed by atoms with Crippen LogP contribution in [0, 0.1) is 11.8 Å². The lowest BCUT2D eigenvalue weighted by molar-refractivity contribution is 0.188. The summed E-state index contributed by atoms with van der Waals surface area (Å²) in [7, 11) is -3.12. The summed E-state index contributed by atoms with van der Waals surface area (Å²) in [6, 6.07) is 0. The summed E-state index contributed by atoms with van der Waals surface area (Å²) in [5.41, 5.74) is 0. The molecule has 2 atom stereocenters. The van der Waals surface area contributed by atoms with Crippen LogP contribution in [-0.2, 0) is 14.8 Å². The molecule has 0 amide bonds. The lowest BCUT2D eigenvalue weighted by Crippen LogP contribution is -2.39. The van der Waals surface area contributed by atoms with Crippen molar-refractivity contribution in [1.29, 1.82) is 0 Å². The van der Waals surface area contributed by atoms with Gasteiger partial charge >= 0.3 is 0 Å². The number of piperidine rings is 1. The van der Waals surface area contributed by atoms with E-state index in [1.165, 1.54) is 0 Å². The predicted octanol–water partition coefficient (Wildman–Crippen LogP) is -0.0581. The Balaban J connectivity index is 1.72. The summed E-state index contributed by atoms with van der Waals surface area (Å²) in [5.74, 6) is 0.836. The molecule has 5 nitrogen and oxygen atoms in total. The summed E-state index contributed by atoms with van der Waals surface area (Å²) >= 11 is 0. The molecule has 2 aliphatic heterocycles. The molecule has 0 aromatic rings. The van der Waals surface area contributed by atoms with E-state index in [-0.39, 0.29) is 11.7 Å². The van der Waals surface area contributed by atoms with E-state index in [1.807, 2.05) is 0 Å². The standard InChI is InChI=1S/C11H22N2O3S/c14-17(15,9-11-3-5-16-8-11)13-7-10-2-1-4-12-6-10/h10-13H,1-9H2. The highest BCUT2D eigenvalue weighted by Gasteiger charge is 2.24. The van der Waals surface area contributed by atoms with E-state index in [0.29, 0.717) is 25.7 Å². The van der Waals surface area contributed by atoms with Crippen molar-refractivity contribution in [3.05, 3.63) is 0 Å². The molecule has 0 aromatic heterocycles. The van der Waals surface area contributed by atoms with Crippen LogP contribution in [0.4, 0.5) is 0 Å². The molecular formula is C11H22N2O3S. The molecule has 2 N–H and O–H groups in total. The molecule has 2 saturated heterocycles. The smallest absolute Gasteiger partial charge is 0.211 e. The van der Waals surface area contributed by atoms with Gasteiger partial charge in [0.15, 0.2) is 0 Å². The van der Waals surface area contributed by atoms with Crippen molar-refractivity contribution in [2.45, 2.75) is 19.3 Å². The highest BCUT2D eigenvalue weighted by Crippen LogP contribution is 2.14. The van der Waals surface area contributed by atoms with Gasteiger partial charge in [0, 0.05) is 13.2 Å². The highest BCUT2D eigenvalue weighted by atomic mass is 32.2. The summed E-state index contributed by atoms with van der Waals surface area (Å²) < 4.78 is 31.6. The van der Waals surface area contributed by atoms with Crippen molar-refractivity contribution in [3.63, 3.8) is 0 Å². The number of hydrogen-bond donors (Lipinski definition) is 2. The van der Waals surface area contributed by atoms with E-state index >= 15 is 0 Å². The molecule has 0 spiro atoms. The second-order valence-electron chi connectivity index (χ2n) is 5.07. The summed E-state index contributed by atoms with van der Waals surface area (Å²) in [4.78, 5) is 0. The molecule has 0 bridgehead atoms. The van der Waals surface area contributed by atoms with E-state index < -0.39 is 10.0 Å². The maximum Gasteiger partial charge on any atom is 0.211 e. The number of ether oxygens (including phenoxy) is 1. The number of hydrogen-bond acceptors (Lipinski definition) is 4. The molecule has 17 heavy (non-hydrogen) atoms. The maximum absolute atomic E-state index is 11.8. The molecule has 0 radical (unpaired) electrons. The average Bonchev–Trinajstić information content (AvgIpc) is 2.80.